The zero-order chi connectivity index (χ0) is 21.9. The number of ether oxygens (including phenoxy) is 2. The number of ketones is 1. The van der Waals surface area contributed by atoms with Crippen LogP contribution in [0, 0.1) is 22.7 Å². The fourth-order valence-electron chi connectivity index (χ4n) is 7.68. The van der Waals surface area contributed by atoms with Crippen molar-refractivity contribution in [2.24, 2.45) is 22.7 Å². The van der Waals surface area contributed by atoms with Crippen LogP contribution in [0.2, 0.25) is 0 Å². The Kier molecular flexibility index (Phi) is 3.81. The lowest BCUT2D eigenvalue weighted by atomic mass is 9.45. The van der Waals surface area contributed by atoms with E-state index in [1.807, 2.05) is 6.92 Å². The summed E-state index contributed by atoms with van der Waals surface area (Å²) in [4.78, 5) is 24.5. The van der Waals surface area contributed by atoms with Crippen LogP contribution in [0.4, 0.5) is 4.39 Å². The number of alkyl halides is 1. The van der Waals surface area contributed by atoms with Crippen molar-refractivity contribution >= 4 is 11.8 Å². The van der Waals surface area contributed by atoms with E-state index in [2.05, 4.69) is 0 Å². The molecule has 164 valence electrons. The minimum absolute atomic E-state index is 0.0441. The van der Waals surface area contributed by atoms with E-state index in [-0.39, 0.29) is 18.1 Å². The van der Waals surface area contributed by atoms with Crippen LogP contribution in [-0.2, 0) is 19.1 Å². The highest BCUT2D eigenvalue weighted by Crippen LogP contribution is 2.72. The molecule has 6 nitrogen and oxygen atoms in total. The number of hydrogen-bond acceptors (Lipinski definition) is 5. The van der Waals surface area contributed by atoms with E-state index in [0.717, 1.165) is 0 Å². The zero-order valence-electron chi connectivity index (χ0n) is 17.8. The lowest BCUT2D eigenvalue weighted by Crippen LogP contribution is -2.69. The summed E-state index contributed by atoms with van der Waals surface area (Å²) in [7, 11) is 0. The first-order chi connectivity index (χ1) is 13.8. The summed E-state index contributed by atoms with van der Waals surface area (Å²) < 4.78 is 29.1. The third-order valence-electron chi connectivity index (χ3n) is 8.95. The van der Waals surface area contributed by atoms with Gasteiger partial charge in [-0.15, -0.1) is 0 Å². The normalized spacial score (nSPS) is 53.4. The number of carboxylic acid groups (broad SMARTS) is 1. The van der Waals surface area contributed by atoms with E-state index < -0.39 is 52.0 Å². The fraction of sp³-hybridized carbons (Fsp3) is 0.739. The van der Waals surface area contributed by atoms with Crippen LogP contribution in [0.25, 0.3) is 0 Å². The third-order valence-corrected chi connectivity index (χ3v) is 8.95. The number of hydrogen-bond donors (Lipinski definition) is 2. The molecular weight excluding hydrogens is 391 g/mol. The average molecular weight is 420 g/mol. The van der Waals surface area contributed by atoms with E-state index >= 15 is 4.39 Å². The Balaban J connectivity index is 1.64. The van der Waals surface area contributed by atoms with Gasteiger partial charge in [0.25, 0.3) is 0 Å². The summed E-state index contributed by atoms with van der Waals surface area (Å²) in [6.45, 7) is 6.94. The Hall–Kier alpha value is -1.57. The van der Waals surface area contributed by atoms with Gasteiger partial charge < -0.3 is 19.7 Å². The van der Waals surface area contributed by atoms with E-state index in [0.29, 0.717) is 24.8 Å². The van der Waals surface area contributed by atoms with Gasteiger partial charge in [0.2, 0.25) is 0 Å². The highest BCUT2D eigenvalue weighted by molar-refractivity contribution is 6.01. The second-order valence-electron chi connectivity index (χ2n) is 10.6. The Morgan fingerprint density at radius 3 is 2.60 bits per heavy atom. The minimum atomic E-state index is -1.99. The molecule has 30 heavy (non-hydrogen) atoms. The predicted octanol–water partition coefficient (Wildman–Crippen LogP) is 2.94. The molecule has 0 aromatic heterocycles. The summed E-state index contributed by atoms with van der Waals surface area (Å²) in [5.74, 6) is -3.24. The van der Waals surface area contributed by atoms with Gasteiger partial charge in [-0.3, -0.25) is 4.79 Å². The minimum Gasteiger partial charge on any atom is -0.479 e. The summed E-state index contributed by atoms with van der Waals surface area (Å²) in [6, 6.07) is 0. The number of aliphatic carboxylic acids is 1. The maximum Gasteiger partial charge on any atom is 0.339 e. The van der Waals surface area contributed by atoms with E-state index in [1.165, 1.54) is 12.2 Å². The molecule has 4 aliphatic carbocycles. The number of allylic oxidation sites excluding steroid dienone is 4. The number of carbonyl (C=O) groups excluding carboxylic acids is 1. The molecule has 0 amide bonds. The van der Waals surface area contributed by atoms with Crippen molar-refractivity contribution in [3.8, 4) is 0 Å². The quantitative estimate of drug-likeness (QED) is 0.678. The van der Waals surface area contributed by atoms with Gasteiger partial charge in [0.05, 0.1) is 6.10 Å². The van der Waals surface area contributed by atoms with Gasteiger partial charge in [0, 0.05) is 16.7 Å². The molecule has 0 unspecified atom stereocenters. The van der Waals surface area contributed by atoms with Crippen molar-refractivity contribution in [1.82, 2.24) is 0 Å². The van der Waals surface area contributed by atoms with Gasteiger partial charge in [0.1, 0.15) is 6.10 Å². The van der Waals surface area contributed by atoms with Crippen LogP contribution in [0.15, 0.2) is 23.8 Å². The van der Waals surface area contributed by atoms with Gasteiger partial charge in [-0.25, -0.2) is 9.18 Å². The molecule has 1 aliphatic heterocycles. The molecule has 3 saturated carbocycles. The van der Waals surface area contributed by atoms with Crippen molar-refractivity contribution in [3.63, 3.8) is 0 Å². The summed E-state index contributed by atoms with van der Waals surface area (Å²) in [6.07, 6.45) is 3.69. The second-order valence-corrected chi connectivity index (χ2v) is 10.6. The number of aliphatic hydroxyl groups is 1. The molecule has 5 aliphatic rings. The molecule has 1 saturated heterocycles. The topological polar surface area (TPSA) is 93.1 Å². The molecule has 1 heterocycles. The van der Waals surface area contributed by atoms with E-state index in [1.54, 1.807) is 26.8 Å². The average Bonchev–Trinajstić information content (AvgIpc) is 3.04. The van der Waals surface area contributed by atoms with E-state index in [9.17, 15) is 19.8 Å². The molecule has 2 N–H and O–H groups in total. The largest absolute Gasteiger partial charge is 0.479 e. The number of rotatable bonds is 1. The van der Waals surface area contributed by atoms with Crippen molar-refractivity contribution in [2.45, 2.75) is 82.6 Å². The number of halogens is 1. The lowest BCUT2D eigenvalue weighted by Gasteiger charge is -2.62. The first-order valence-corrected chi connectivity index (χ1v) is 10.7. The zero-order valence-corrected chi connectivity index (χ0v) is 17.8. The number of carbonyl (C=O) groups is 2. The number of aliphatic hydroxyl groups excluding tert-OH is 1. The van der Waals surface area contributed by atoms with Crippen LogP contribution >= 0.6 is 0 Å². The predicted molar refractivity (Wildman–Crippen MR) is 104 cm³/mol. The molecule has 5 rings (SSSR count). The summed E-state index contributed by atoms with van der Waals surface area (Å²) in [5, 5.41) is 21.6. The molecule has 0 radical (unpaired) electrons. The molecular formula is C23H29FO6. The highest BCUT2D eigenvalue weighted by atomic mass is 19.1. The Morgan fingerprint density at radius 1 is 1.23 bits per heavy atom. The third kappa shape index (κ3) is 2.04. The van der Waals surface area contributed by atoms with Gasteiger partial charge in [-0.2, -0.15) is 0 Å². The molecule has 4 fully saturated rings. The monoisotopic (exact) mass is 420 g/mol. The molecule has 8 atom stereocenters. The number of carboxylic acids is 1. The van der Waals surface area contributed by atoms with Crippen LogP contribution in [0.5, 0.6) is 0 Å². The number of fused-ring (bicyclic) bond motifs is 7. The smallest absolute Gasteiger partial charge is 0.339 e. The van der Waals surface area contributed by atoms with Crippen molar-refractivity contribution in [2.75, 3.05) is 0 Å². The van der Waals surface area contributed by atoms with Crippen molar-refractivity contribution < 1.29 is 33.7 Å². The first-order valence-electron chi connectivity index (χ1n) is 10.7. The van der Waals surface area contributed by atoms with Gasteiger partial charge in [0.15, 0.2) is 22.8 Å². The lowest BCUT2D eigenvalue weighted by molar-refractivity contribution is -0.251. The first kappa shape index (κ1) is 20.3. The highest BCUT2D eigenvalue weighted by Gasteiger charge is 2.80. The standard InChI is InChI=1S/C23H29FO6/c1-19(2)29-17-10-15-14-6-5-12-9-13(25)7-8-20(12,3)22(14,24)16(26)11-21(15,4)23(17,30-19)18(27)28/h7-9,14-17,26H,5-6,10-11H2,1-4H3,(H,27,28)/t14-,15+,16-,17-,20+,21+,22+,23+/m1/s1. The summed E-state index contributed by atoms with van der Waals surface area (Å²) >= 11 is 0. The van der Waals surface area contributed by atoms with Gasteiger partial charge in [-0.1, -0.05) is 18.6 Å². The van der Waals surface area contributed by atoms with Crippen LogP contribution in [-0.4, -0.2) is 51.2 Å². The van der Waals surface area contributed by atoms with Crippen LogP contribution in [0.1, 0.15) is 53.4 Å². The summed E-state index contributed by atoms with van der Waals surface area (Å²) in [5.41, 5.74) is -5.00. The van der Waals surface area contributed by atoms with Crippen molar-refractivity contribution in [1.29, 1.82) is 0 Å². The van der Waals surface area contributed by atoms with Gasteiger partial charge >= 0.3 is 5.97 Å². The Labute approximate surface area is 175 Å². The van der Waals surface area contributed by atoms with Crippen LogP contribution in [0.3, 0.4) is 0 Å². The van der Waals surface area contributed by atoms with Crippen molar-refractivity contribution in [3.05, 3.63) is 23.8 Å². The Bertz CT molecular complexity index is 909. The molecule has 0 spiro atoms. The molecule has 0 aromatic rings. The van der Waals surface area contributed by atoms with Crippen LogP contribution < -0.4 is 0 Å². The fourth-order valence-corrected chi connectivity index (χ4v) is 7.68. The molecule has 7 heteroatoms. The van der Waals surface area contributed by atoms with E-state index in [4.69, 9.17) is 9.47 Å². The SMILES string of the molecule is CC1(C)O[C@@H]2C[C@H]3[C@H]4CCC5=CC(=O)C=C[C@]5(C)[C@@]4(F)[C@H](O)C[C@]3(C)[C@]2(C(=O)O)O1. The second kappa shape index (κ2) is 5.61. The molecule has 0 bridgehead atoms. The maximum atomic E-state index is 17.0. The Morgan fingerprint density at radius 2 is 1.93 bits per heavy atom. The molecule has 0 aromatic carbocycles. The van der Waals surface area contributed by atoms with Gasteiger partial charge in [-0.05, 0) is 64.5 Å². The maximum absolute atomic E-state index is 17.0.